The lowest BCUT2D eigenvalue weighted by Gasteiger charge is -2.12. The first kappa shape index (κ1) is 18.6. The molecule has 144 valence electrons. The van der Waals surface area contributed by atoms with E-state index in [4.69, 9.17) is 9.47 Å². The molecule has 0 bridgehead atoms. The van der Waals surface area contributed by atoms with Gasteiger partial charge in [0.05, 0.1) is 14.2 Å². The van der Waals surface area contributed by atoms with Gasteiger partial charge in [0.2, 0.25) is 0 Å². The Hall–Kier alpha value is -3.72. The highest BCUT2D eigenvalue weighted by Crippen LogP contribution is 2.34. The van der Waals surface area contributed by atoms with Crippen molar-refractivity contribution < 1.29 is 14.6 Å². The van der Waals surface area contributed by atoms with Crippen LogP contribution in [0, 0.1) is 0 Å². The van der Waals surface area contributed by atoms with Crippen LogP contribution in [0.25, 0.3) is 33.4 Å². The number of ether oxygens (including phenoxy) is 2. The molecule has 29 heavy (non-hydrogen) atoms. The Balaban J connectivity index is 1.84. The molecule has 4 aromatic carbocycles. The van der Waals surface area contributed by atoms with Crippen LogP contribution in [0.4, 0.5) is 0 Å². The summed E-state index contributed by atoms with van der Waals surface area (Å²) in [5, 5.41) is 9.64. The van der Waals surface area contributed by atoms with E-state index in [-0.39, 0.29) is 5.75 Å². The number of phenolic OH excluding ortho intramolecular Hbond substituents is 1. The summed E-state index contributed by atoms with van der Waals surface area (Å²) in [5.74, 6) is 1.92. The lowest BCUT2D eigenvalue weighted by Crippen LogP contribution is -1.88. The maximum absolute atomic E-state index is 9.64. The average Bonchev–Trinajstić information content (AvgIpc) is 2.79. The zero-order valence-electron chi connectivity index (χ0n) is 16.4. The van der Waals surface area contributed by atoms with E-state index in [0.29, 0.717) is 0 Å². The number of benzene rings is 4. The maximum Gasteiger partial charge on any atom is 0.118 e. The van der Waals surface area contributed by atoms with Gasteiger partial charge in [-0.15, -0.1) is 0 Å². The number of aromatic hydroxyl groups is 1. The Bertz CT molecular complexity index is 1030. The highest BCUT2D eigenvalue weighted by molar-refractivity contribution is 5.81. The van der Waals surface area contributed by atoms with E-state index in [1.165, 1.54) is 0 Å². The van der Waals surface area contributed by atoms with Crippen molar-refractivity contribution in [3.05, 3.63) is 91.0 Å². The fourth-order valence-corrected chi connectivity index (χ4v) is 3.35. The highest BCUT2D eigenvalue weighted by Gasteiger charge is 2.08. The smallest absolute Gasteiger partial charge is 0.118 e. The van der Waals surface area contributed by atoms with Gasteiger partial charge in [-0.1, -0.05) is 36.4 Å². The summed E-state index contributed by atoms with van der Waals surface area (Å²) in [6, 6.07) is 29.9. The molecule has 0 aliphatic rings. The third-order valence-electron chi connectivity index (χ3n) is 4.98. The van der Waals surface area contributed by atoms with Crippen molar-refractivity contribution in [1.29, 1.82) is 0 Å². The van der Waals surface area contributed by atoms with Crippen molar-refractivity contribution in [2.24, 2.45) is 0 Å². The molecular formula is C26H22O3. The molecule has 0 saturated heterocycles. The molecule has 0 atom stereocenters. The number of rotatable bonds is 5. The molecule has 0 radical (unpaired) electrons. The topological polar surface area (TPSA) is 38.7 Å². The Morgan fingerprint density at radius 2 is 0.759 bits per heavy atom. The standard InChI is InChI=1S/C26H22O3/c1-28-25-11-5-19(6-12-25)22-15-21(18-3-9-24(27)10-4-18)16-23(17-22)20-7-13-26(29-2)14-8-20/h3-17,27H,1-2H3. The van der Waals surface area contributed by atoms with Crippen LogP contribution in [0.1, 0.15) is 0 Å². The highest BCUT2D eigenvalue weighted by atomic mass is 16.5. The van der Waals surface area contributed by atoms with Gasteiger partial charge in [0.1, 0.15) is 17.2 Å². The third kappa shape index (κ3) is 4.09. The second-order valence-electron chi connectivity index (χ2n) is 6.80. The average molecular weight is 382 g/mol. The lowest BCUT2D eigenvalue weighted by atomic mass is 9.93. The van der Waals surface area contributed by atoms with Crippen LogP contribution < -0.4 is 9.47 Å². The zero-order valence-corrected chi connectivity index (χ0v) is 16.4. The van der Waals surface area contributed by atoms with Crippen molar-refractivity contribution in [2.75, 3.05) is 14.2 Å². The van der Waals surface area contributed by atoms with Crippen LogP contribution in [-0.4, -0.2) is 19.3 Å². The van der Waals surface area contributed by atoms with Gasteiger partial charge in [0, 0.05) is 0 Å². The minimum atomic E-state index is 0.260. The lowest BCUT2D eigenvalue weighted by molar-refractivity contribution is 0.415. The van der Waals surface area contributed by atoms with Gasteiger partial charge in [-0.3, -0.25) is 0 Å². The van der Waals surface area contributed by atoms with Crippen LogP contribution in [0.5, 0.6) is 17.2 Å². The van der Waals surface area contributed by atoms with Crippen molar-refractivity contribution in [3.63, 3.8) is 0 Å². The van der Waals surface area contributed by atoms with Gasteiger partial charge >= 0.3 is 0 Å². The molecule has 4 rings (SSSR count). The quantitative estimate of drug-likeness (QED) is 0.433. The number of hydrogen-bond acceptors (Lipinski definition) is 3. The van der Waals surface area contributed by atoms with Crippen LogP contribution in [0.3, 0.4) is 0 Å². The molecule has 0 unspecified atom stereocenters. The molecule has 3 nitrogen and oxygen atoms in total. The van der Waals surface area contributed by atoms with Gasteiger partial charge in [0.25, 0.3) is 0 Å². The van der Waals surface area contributed by atoms with Crippen LogP contribution in [-0.2, 0) is 0 Å². The van der Waals surface area contributed by atoms with Crippen molar-refractivity contribution >= 4 is 0 Å². The molecule has 0 heterocycles. The second-order valence-corrected chi connectivity index (χ2v) is 6.80. The van der Waals surface area contributed by atoms with Gasteiger partial charge in [-0.25, -0.2) is 0 Å². The molecule has 0 saturated carbocycles. The number of hydrogen-bond donors (Lipinski definition) is 1. The predicted octanol–water partition coefficient (Wildman–Crippen LogP) is 6.41. The second kappa shape index (κ2) is 8.11. The van der Waals surface area contributed by atoms with E-state index in [1.807, 2.05) is 36.4 Å². The Morgan fingerprint density at radius 1 is 0.448 bits per heavy atom. The van der Waals surface area contributed by atoms with Crippen molar-refractivity contribution in [1.82, 2.24) is 0 Å². The molecule has 0 aliphatic carbocycles. The summed E-state index contributed by atoms with van der Waals surface area (Å²) in [6.45, 7) is 0. The summed E-state index contributed by atoms with van der Waals surface area (Å²) in [4.78, 5) is 0. The Kier molecular flexibility index (Phi) is 5.21. The molecule has 0 fully saturated rings. The van der Waals surface area contributed by atoms with Crippen LogP contribution in [0.2, 0.25) is 0 Å². The fourth-order valence-electron chi connectivity index (χ4n) is 3.35. The van der Waals surface area contributed by atoms with Gasteiger partial charge in [-0.2, -0.15) is 0 Å². The van der Waals surface area contributed by atoms with Crippen molar-refractivity contribution in [3.8, 4) is 50.6 Å². The SMILES string of the molecule is COc1ccc(-c2cc(-c3ccc(O)cc3)cc(-c3ccc(OC)cc3)c2)cc1. The summed E-state index contributed by atoms with van der Waals surface area (Å²) in [5.41, 5.74) is 6.59. The monoisotopic (exact) mass is 382 g/mol. The van der Waals surface area contributed by atoms with Gasteiger partial charge in [0.15, 0.2) is 0 Å². The molecule has 0 spiro atoms. The first-order valence-electron chi connectivity index (χ1n) is 9.39. The number of phenols is 1. The molecule has 0 aliphatic heterocycles. The molecule has 4 aromatic rings. The van der Waals surface area contributed by atoms with E-state index < -0.39 is 0 Å². The first-order chi connectivity index (χ1) is 14.2. The first-order valence-corrected chi connectivity index (χ1v) is 9.39. The normalized spacial score (nSPS) is 10.6. The summed E-state index contributed by atoms with van der Waals surface area (Å²) >= 11 is 0. The summed E-state index contributed by atoms with van der Waals surface area (Å²) in [6.07, 6.45) is 0. The van der Waals surface area contributed by atoms with Crippen molar-refractivity contribution in [2.45, 2.75) is 0 Å². The van der Waals surface area contributed by atoms with Gasteiger partial charge in [-0.05, 0) is 88.0 Å². The largest absolute Gasteiger partial charge is 0.508 e. The summed E-state index contributed by atoms with van der Waals surface area (Å²) < 4.78 is 10.6. The predicted molar refractivity (Wildman–Crippen MR) is 118 cm³/mol. The van der Waals surface area contributed by atoms with E-state index in [0.717, 1.165) is 44.9 Å². The van der Waals surface area contributed by atoms with Crippen LogP contribution >= 0.6 is 0 Å². The van der Waals surface area contributed by atoms with Crippen LogP contribution in [0.15, 0.2) is 91.0 Å². The van der Waals surface area contributed by atoms with E-state index in [2.05, 4.69) is 42.5 Å². The minimum absolute atomic E-state index is 0.260. The third-order valence-corrected chi connectivity index (χ3v) is 4.98. The molecule has 1 N–H and O–H groups in total. The molecule has 0 aromatic heterocycles. The van der Waals surface area contributed by atoms with E-state index in [9.17, 15) is 5.11 Å². The van der Waals surface area contributed by atoms with E-state index >= 15 is 0 Å². The maximum atomic E-state index is 9.64. The fraction of sp³-hybridized carbons (Fsp3) is 0.0769. The Morgan fingerprint density at radius 3 is 1.07 bits per heavy atom. The number of methoxy groups -OCH3 is 2. The minimum Gasteiger partial charge on any atom is -0.508 e. The zero-order chi connectivity index (χ0) is 20.2. The van der Waals surface area contributed by atoms with Gasteiger partial charge < -0.3 is 14.6 Å². The van der Waals surface area contributed by atoms with E-state index in [1.54, 1.807) is 26.4 Å². The summed E-state index contributed by atoms with van der Waals surface area (Å²) in [7, 11) is 3.34. The Labute approximate surface area is 170 Å². The molecule has 3 heteroatoms. The molecule has 0 amide bonds. The molecular weight excluding hydrogens is 360 g/mol.